The summed E-state index contributed by atoms with van der Waals surface area (Å²) in [7, 11) is 1.58. The molecule has 4 aromatic rings. The van der Waals surface area contributed by atoms with Crippen LogP contribution in [0.15, 0.2) is 77.6 Å². The standard InChI is InChI=1S/C29H30FN3O3/c1-19(2)17-18-32(28(34)21-9-15-24(36-4)16-10-21)20(3)27-31-26-8-6-5-7-25(26)29(35)33(27)23-13-11-22(30)12-14-23/h5-16,19-20H,17-18H2,1-4H3. The number of methoxy groups -OCH3 is 1. The van der Waals surface area contributed by atoms with Crippen molar-refractivity contribution in [2.24, 2.45) is 5.92 Å². The summed E-state index contributed by atoms with van der Waals surface area (Å²) in [6, 6.07) is 19.3. The number of nitrogens with zero attached hydrogens (tertiary/aromatic N) is 3. The van der Waals surface area contributed by atoms with Gasteiger partial charge in [0.2, 0.25) is 0 Å². The van der Waals surface area contributed by atoms with Gasteiger partial charge in [-0.15, -0.1) is 0 Å². The molecule has 4 rings (SSSR count). The van der Waals surface area contributed by atoms with E-state index < -0.39 is 11.9 Å². The number of aromatic nitrogens is 2. The fourth-order valence-corrected chi connectivity index (χ4v) is 4.18. The van der Waals surface area contributed by atoms with Gasteiger partial charge in [-0.05, 0) is 79.9 Å². The van der Waals surface area contributed by atoms with E-state index in [1.165, 1.54) is 16.7 Å². The van der Waals surface area contributed by atoms with E-state index in [0.29, 0.717) is 46.2 Å². The molecule has 1 heterocycles. The predicted octanol–water partition coefficient (Wildman–Crippen LogP) is 5.78. The summed E-state index contributed by atoms with van der Waals surface area (Å²) in [5.41, 5.74) is 1.28. The number of fused-ring (bicyclic) bond motifs is 1. The Kier molecular flexibility index (Phi) is 7.48. The van der Waals surface area contributed by atoms with Crippen molar-refractivity contribution >= 4 is 16.8 Å². The fraction of sp³-hybridized carbons (Fsp3) is 0.276. The molecule has 6 nitrogen and oxygen atoms in total. The van der Waals surface area contributed by atoms with Gasteiger partial charge in [-0.3, -0.25) is 14.2 Å². The van der Waals surface area contributed by atoms with Gasteiger partial charge in [0, 0.05) is 12.1 Å². The Balaban J connectivity index is 1.87. The molecule has 1 amide bonds. The average Bonchev–Trinajstić information content (AvgIpc) is 2.89. The maximum absolute atomic E-state index is 13.7. The zero-order valence-electron chi connectivity index (χ0n) is 20.9. The number of hydrogen-bond acceptors (Lipinski definition) is 4. The first-order valence-electron chi connectivity index (χ1n) is 12.0. The van der Waals surface area contributed by atoms with Crippen LogP contribution in [0.5, 0.6) is 5.75 Å². The highest BCUT2D eigenvalue weighted by molar-refractivity contribution is 5.94. The van der Waals surface area contributed by atoms with Crippen LogP contribution < -0.4 is 10.3 Å². The van der Waals surface area contributed by atoms with E-state index in [4.69, 9.17) is 9.72 Å². The molecule has 0 fully saturated rings. The Hall–Kier alpha value is -4.00. The van der Waals surface area contributed by atoms with Crippen LogP contribution in [0.1, 0.15) is 49.4 Å². The van der Waals surface area contributed by atoms with Crippen molar-refractivity contribution in [3.63, 3.8) is 0 Å². The third kappa shape index (κ3) is 5.15. The van der Waals surface area contributed by atoms with Crippen LogP contribution in [0.2, 0.25) is 0 Å². The molecule has 0 spiro atoms. The topological polar surface area (TPSA) is 64.4 Å². The minimum absolute atomic E-state index is 0.168. The summed E-state index contributed by atoms with van der Waals surface area (Å²) >= 11 is 0. The van der Waals surface area contributed by atoms with E-state index >= 15 is 0 Å². The third-order valence-corrected chi connectivity index (χ3v) is 6.27. The van der Waals surface area contributed by atoms with Crippen molar-refractivity contribution < 1.29 is 13.9 Å². The van der Waals surface area contributed by atoms with E-state index in [-0.39, 0.29) is 11.5 Å². The highest BCUT2D eigenvalue weighted by atomic mass is 19.1. The molecule has 0 saturated heterocycles. The fourth-order valence-electron chi connectivity index (χ4n) is 4.18. The second-order valence-corrected chi connectivity index (χ2v) is 9.19. The molecule has 36 heavy (non-hydrogen) atoms. The molecule has 0 radical (unpaired) electrons. The molecule has 0 bridgehead atoms. The number of carbonyl (C=O) groups is 1. The van der Waals surface area contributed by atoms with Crippen LogP contribution >= 0.6 is 0 Å². The number of hydrogen-bond donors (Lipinski definition) is 0. The molecule has 186 valence electrons. The van der Waals surface area contributed by atoms with Crippen LogP contribution in [0.3, 0.4) is 0 Å². The molecular weight excluding hydrogens is 457 g/mol. The zero-order valence-corrected chi connectivity index (χ0v) is 20.9. The third-order valence-electron chi connectivity index (χ3n) is 6.27. The van der Waals surface area contributed by atoms with Crippen LogP contribution in [-0.2, 0) is 0 Å². The van der Waals surface area contributed by atoms with Crippen molar-refractivity contribution in [2.45, 2.75) is 33.2 Å². The van der Waals surface area contributed by atoms with Crippen LogP contribution in [0, 0.1) is 11.7 Å². The number of ether oxygens (including phenoxy) is 1. The Morgan fingerprint density at radius 2 is 1.67 bits per heavy atom. The molecular formula is C29H30FN3O3. The van der Waals surface area contributed by atoms with Gasteiger partial charge in [-0.2, -0.15) is 0 Å². The van der Waals surface area contributed by atoms with Crippen molar-refractivity contribution in [3.8, 4) is 11.4 Å². The molecule has 0 aliphatic heterocycles. The monoisotopic (exact) mass is 487 g/mol. The first-order valence-corrected chi connectivity index (χ1v) is 12.0. The van der Waals surface area contributed by atoms with Gasteiger partial charge in [-0.25, -0.2) is 9.37 Å². The highest BCUT2D eigenvalue weighted by Gasteiger charge is 2.28. The number of rotatable bonds is 8. The molecule has 1 unspecified atom stereocenters. The van der Waals surface area contributed by atoms with Gasteiger partial charge in [0.05, 0.1) is 29.7 Å². The molecule has 0 saturated carbocycles. The molecule has 0 aliphatic carbocycles. The van der Waals surface area contributed by atoms with Crippen LogP contribution in [0.25, 0.3) is 16.6 Å². The number of amides is 1. The molecule has 3 aromatic carbocycles. The molecule has 1 atom stereocenters. The first-order chi connectivity index (χ1) is 17.3. The summed E-state index contributed by atoms with van der Waals surface area (Å²) in [5, 5.41) is 0.452. The summed E-state index contributed by atoms with van der Waals surface area (Å²) in [6.07, 6.45) is 0.778. The predicted molar refractivity (Wildman–Crippen MR) is 139 cm³/mol. The van der Waals surface area contributed by atoms with Gasteiger partial charge < -0.3 is 9.64 Å². The number of para-hydroxylation sites is 1. The quantitative estimate of drug-likeness (QED) is 0.316. The average molecular weight is 488 g/mol. The normalized spacial score (nSPS) is 12.1. The van der Waals surface area contributed by atoms with E-state index in [0.717, 1.165) is 6.42 Å². The van der Waals surface area contributed by atoms with Crippen LogP contribution in [-0.4, -0.2) is 34.0 Å². The van der Waals surface area contributed by atoms with Gasteiger partial charge in [0.1, 0.15) is 17.4 Å². The summed E-state index contributed by atoms with van der Waals surface area (Å²) in [4.78, 5) is 34.0. The molecule has 7 heteroatoms. The van der Waals surface area contributed by atoms with Crippen molar-refractivity contribution in [1.29, 1.82) is 0 Å². The number of carbonyl (C=O) groups excluding carboxylic acids is 1. The Morgan fingerprint density at radius 3 is 2.31 bits per heavy atom. The molecule has 0 N–H and O–H groups in total. The minimum atomic E-state index is -0.541. The molecule has 1 aromatic heterocycles. The lowest BCUT2D eigenvalue weighted by atomic mass is 10.1. The Labute approximate surface area is 210 Å². The largest absolute Gasteiger partial charge is 0.497 e. The maximum atomic E-state index is 13.7. The van der Waals surface area contributed by atoms with E-state index in [1.807, 2.05) is 13.0 Å². The highest BCUT2D eigenvalue weighted by Crippen LogP contribution is 2.26. The van der Waals surface area contributed by atoms with Gasteiger partial charge in [-0.1, -0.05) is 26.0 Å². The number of halogens is 1. The lowest BCUT2D eigenvalue weighted by molar-refractivity contribution is 0.0671. The van der Waals surface area contributed by atoms with Crippen LogP contribution in [0.4, 0.5) is 4.39 Å². The zero-order chi connectivity index (χ0) is 25.8. The maximum Gasteiger partial charge on any atom is 0.266 e. The smallest absolute Gasteiger partial charge is 0.266 e. The minimum Gasteiger partial charge on any atom is -0.497 e. The van der Waals surface area contributed by atoms with Crippen molar-refractivity contribution in [1.82, 2.24) is 14.5 Å². The lowest BCUT2D eigenvalue weighted by Gasteiger charge is -2.31. The second kappa shape index (κ2) is 10.7. The Morgan fingerprint density at radius 1 is 1.00 bits per heavy atom. The SMILES string of the molecule is COc1ccc(C(=O)N(CCC(C)C)C(C)c2nc3ccccc3c(=O)n2-c2ccc(F)cc2)cc1. The lowest BCUT2D eigenvalue weighted by Crippen LogP contribution is -2.38. The van der Waals surface area contributed by atoms with Crippen molar-refractivity contribution in [3.05, 3.63) is 100 Å². The summed E-state index contributed by atoms with van der Waals surface area (Å²) in [5.74, 6) is 0.875. The molecule has 0 aliphatic rings. The van der Waals surface area contributed by atoms with Gasteiger partial charge >= 0.3 is 0 Å². The van der Waals surface area contributed by atoms with E-state index in [2.05, 4.69) is 13.8 Å². The summed E-state index contributed by atoms with van der Waals surface area (Å²) in [6.45, 7) is 6.56. The van der Waals surface area contributed by atoms with Crippen molar-refractivity contribution in [2.75, 3.05) is 13.7 Å². The Bertz CT molecular complexity index is 1410. The van der Waals surface area contributed by atoms with E-state index in [1.54, 1.807) is 66.6 Å². The number of benzene rings is 3. The second-order valence-electron chi connectivity index (χ2n) is 9.19. The van der Waals surface area contributed by atoms with Gasteiger partial charge in [0.15, 0.2) is 0 Å². The summed E-state index contributed by atoms with van der Waals surface area (Å²) < 4.78 is 20.4. The first kappa shape index (κ1) is 25.1. The van der Waals surface area contributed by atoms with E-state index in [9.17, 15) is 14.0 Å². The van der Waals surface area contributed by atoms with Gasteiger partial charge in [0.25, 0.3) is 11.5 Å².